The van der Waals surface area contributed by atoms with Gasteiger partial charge in [-0.2, -0.15) is 0 Å². The molecule has 4 fully saturated rings. The summed E-state index contributed by atoms with van der Waals surface area (Å²) < 4.78 is 0. The molecule has 0 amide bonds. The minimum atomic E-state index is 0.637. The van der Waals surface area contributed by atoms with E-state index >= 15 is 0 Å². The molecule has 4 aliphatic carbocycles. The van der Waals surface area contributed by atoms with Crippen LogP contribution in [0.2, 0.25) is 0 Å². The second-order valence-corrected chi connectivity index (χ2v) is 18.9. The second kappa shape index (κ2) is 20.0. The highest BCUT2D eigenvalue weighted by molar-refractivity contribution is 5.10. The lowest BCUT2D eigenvalue weighted by Gasteiger charge is -2.61. The molecule has 4 rings (SSSR count). The molecule has 0 bridgehead atoms. The monoisotopic (exact) mass is 640 g/mol. The van der Waals surface area contributed by atoms with Crippen LogP contribution in [0.3, 0.4) is 0 Å². The fourth-order valence-electron chi connectivity index (χ4n) is 12.4. The Morgan fingerprint density at radius 3 is 1.74 bits per heavy atom. The first-order valence-corrected chi connectivity index (χ1v) is 22.0. The molecule has 9 atom stereocenters. The molecule has 0 aliphatic heterocycles. The molecular formula is C45H85N. The van der Waals surface area contributed by atoms with Gasteiger partial charge in [0.05, 0.1) is 0 Å². The van der Waals surface area contributed by atoms with Crippen molar-refractivity contribution in [2.24, 2.45) is 52.3 Å². The standard InChI is InChI=1S/C45H85N/c1-7-8-9-10-11-12-13-14-15-16-17-18-19-20-21-22-34-46-39-30-32-44(5)38(35-39)26-27-40-42-29-28-41(37(4)25-23-24-36(2)3)45(42,6)33-31-43(40)44/h36-43,46H,7-35H2,1-6H3/t37-,38?,39?,40?,41-,42?,43?,44+,45-/m1/s1. The lowest BCUT2D eigenvalue weighted by Crippen LogP contribution is -2.55. The van der Waals surface area contributed by atoms with Gasteiger partial charge in [0.25, 0.3) is 0 Å². The van der Waals surface area contributed by atoms with Crippen molar-refractivity contribution in [1.29, 1.82) is 0 Å². The van der Waals surface area contributed by atoms with Gasteiger partial charge in [0.15, 0.2) is 0 Å². The Bertz CT molecular complexity index is 803. The van der Waals surface area contributed by atoms with E-state index in [1.807, 2.05) is 0 Å². The first-order valence-electron chi connectivity index (χ1n) is 22.0. The van der Waals surface area contributed by atoms with Crippen molar-refractivity contribution in [2.45, 2.75) is 227 Å². The van der Waals surface area contributed by atoms with Gasteiger partial charge < -0.3 is 5.32 Å². The van der Waals surface area contributed by atoms with Gasteiger partial charge >= 0.3 is 0 Å². The maximum absolute atomic E-state index is 4.08. The zero-order chi connectivity index (χ0) is 32.8. The van der Waals surface area contributed by atoms with Crippen molar-refractivity contribution in [2.75, 3.05) is 6.54 Å². The maximum atomic E-state index is 4.08. The van der Waals surface area contributed by atoms with Crippen molar-refractivity contribution in [3.05, 3.63) is 0 Å². The Morgan fingerprint density at radius 1 is 0.565 bits per heavy atom. The summed E-state index contributed by atoms with van der Waals surface area (Å²) in [5.74, 6) is 6.90. The van der Waals surface area contributed by atoms with E-state index in [1.54, 1.807) is 32.1 Å². The molecular weight excluding hydrogens is 555 g/mol. The molecule has 4 saturated carbocycles. The normalized spacial score (nSPS) is 34.8. The van der Waals surface area contributed by atoms with Crippen LogP contribution >= 0.6 is 0 Å². The fourth-order valence-corrected chi connectivity index (χ4v) is 12.4. The first kappa shape index (κ1) is 38.8. The van der Waals surface area contributed by atoms with Gasteiger partial charge in [0, 0.05) is 6.04 Å². The summed E-state index contributed by atoms with van der Waals surface area (Å²) in [6, 6.07) is 0.808. The third kappa shape index (κ3) is 10.7. The minimum absolute atomic E-state index is 0.637. The molecule has 0 saturated heterocycles. The molecule has 270 valence electrons. The van der Waals surface area contributed by atoms with Crippen molar-refractivity contribution in [3.8, 4) is 0 Å². The minimum Gasteiger partial charge on any atom is -0.314 e. The van der Waals surface area contributed by atoms with Crippen molar-refractivity contribution in [1.82, 2.24) is 5.32 Å². The third-order valence-electron chi connectivity index (χ3n) is 15.3. The van der Waals surface area contributed by atoms with Gasteiger partial charge in [-0.25, -0.2) is 0 Å². The first-order chi connectivity index (χ1) is 22.3. The summed E-state index contributed by atoms with van der Waals surface area (Å²) in [7, 11) is 0. The third-order valence-corrected chi connectivity index (χ3v) is 15.3. The van der Waals surface area contributed by atoms with E-state index in [-0.39, 0.29) is 0 Å². The van der Waals surface area contributed by atoms with Crippen molar-refractivity contribution < 1.29 is 0 Å². The van der Waals surface area contributed by atoms with E-state index in [9.17, 15) is 0 Å². The maximum Gasteiger partial charge on any atom is 0.00701 e. The summed E-state index contributed by atoms with van der Waals surface area (Å²) in [5, 5.41) is 4.08. The van der Waals surface area contributed by atoms with Crippen molar-refractivity contribution in [3.63, 3.8) is 0 Å². The summed E-state index contributed by atoms with van der Waals surface area (Å²) in [4.78, 5) is 0. The summed E-state index contributed by atoms with van der Waals surface area (Å²) in [6.07, 6.45) is 41.5. The number of nitrogens with one attached hydrogen (secondary N) is 1. The fraction of sp³-hybridized carbons (Fsp3) is 1.00. The summed E-state index contributed by atoms with van der Waals surface area (Å²) in [5.41, 5.74) is 1.28. The molecule has 0 aromatic rings. The van der Waals surface area contributed by atoms with Crippen LogP contribution in [0.5, 0.6) is 0 Å². The van der Waals surface area contributed by atoms with E-state index < -0.39 is 0 Å². The Kier molecular flexibility index (Phi) is 16.8. The van der Waals surface area contributed by atoms with E-state index in [4.69, 9.17) is 0 Å². The van der Waals surface area contributed by atoms with E-state index in [1.165, 1.54) is 154 Å². The van der Waals surface area contributed by atoms with Gasteiger partial charge in [-0.1, -0.05) is 157 Å². The highest BCUT2D eigenvalue weighted by atomic mass is 14.9. The molecule has 1 nitrogen and oxygen atoms in total. The Hall–Kier alpha value is -0.0400. The van der Waals surface area contributed by atoms with Crippen LogP contribution in [-0.4, -0.2) is 12.6 Å². The largest absolute Gasteiger partial charge is 0.314 e. The average Bonchev–Trinajstić information content (AvgIpc) is 3.39. The highest BCUT2D eigenvalue weighted by Gasteiger charge is 2.60. The van der Waals surface area contributed by atoms with Crippen LogP contribution < -0.4 is 5.32 Å². The number of hydrogen-bond donors (Lipinski definition) is 1. The van der Waals surface area contributed by atoms with Gasteiger partial charge in [-0.15, -0.1) is 0 Å². The molecule has 46 heavy (non-hydrogen) atoms. The number of fused-ring (bicyclic) bond motifs is 5. The second-order valence-electron chi connectivity index (χ2n) is 18.9. The van der Waals surface area contributed by atoms with Crippen LogP contribution in [0.25, 0.3) is 0 Å². The molecule has 4 aliphatic rings. The van der Waals surface area contributed by atoms with Gasteiger partial charge in [-0.3, -0.25) is 0 Å². The van der Waals surface area contributed by atoms with Crippen LogP contribution in [0.1, 0.15) is 221 Å². The van der Waals surface area contributed by atoms with Crippen molar-refractivity contribution >= 4 is 0 Å². The summed E-state index contributed by atoms with van der Waals surface area (Å²) >= 11 is 0. The van der Waals surface area contributed by atoms with E-state index in [0.717, 1.165) is 47.5 Å². The Balaban J connectivity index is 1.05. The molecule has 1 N–H and O–H groups in total. The predicted molar refractivity (Wildman–Crippen MR) is 204 cm³/mol. The molecule has 0 aromatic heterocycles. The van der Waals surface area contributed by atoms with Gasteiger partial charge in [-0.05, 0) is 123 Å². The highest BCUT2D eigenvalue weighted by Crippen LogP contribution is 2.68. The molecule has 0 spiro atoms. The number of rotatable bonds is 23. The van der Waals surface area contributed by atoms with Gasteiger partial charge in [0.2, 0.25) is 0 Å². The average molecular weight is 640 g/mol. The predicted octanol–water partition coefficient (Wildman–Crippen LogP) is 14.3. The SMILES string of the molecule is CCCCCCCCCCCCCCCCCCNC1CC[C@@]2(C)C(CCC3C2CC[C@@]2(C)C3CC[C@@H]2[C@H](C)CCCC(C)C)C1. The molecule has 0 radical (unpaired) electrons. The lowest BCUT2D eigenvalue weighted by molar-refractivity contribution is -0.118. The molecule has 5 unspecified atom stereocenters. The van der Waals surface area contributed by atoms with Crippen LogP contribution in [0, 0.1) is 52.3 Å². The van der Waals surface area contributed by atoms with Crippen LogP contribution in [0.15, 0.2) is 0 Å². The zero-order valence-electron chi connectivity index (χ0n) is 32.6. The van der Waals surface area contributed by atoms with E-state index in [2.05, 4.69) is 46.9 Å². The van der Waals surface area contributed by atoms with Gasteiger partial charge in [0.1, 0.15) is 0 Å². The zero-order valence-corrected chi connectivity index (χ0v) is 32.6. The van der Waals surface area contributed by atoms with Crippen LogP contribution in [-0.2, 0) is 0 Å². The Labute approximate surface area is 290 Å². The topological polar surface area (TPSA) is 12.0 Å². The summed E-state index contributed by atoms with van der Waals surface area (Å²) in [6.45, 7) is 16.6. The molecule has 0 heterocycles. The number of unbranched alkanes of at least 4 members (excludes halogenated alkanes) is 15. The quantitative estimate of drug-likeness (QED) is 0.110. The smallest absolute Gasteiger partial charge is 0.00701 e. The lowest BCUT2D eigenvalue weighted by atomic mass is 9.44. The molecule has 0 aromatic carbocycles. The Morgan fingerprint density at radius 2 is 1.13 bits per heavy atom. The number of hydrogen-bond acceptors (Lipinski definition) is 1. The molecule has 1 heteroatoms. The van der Waals surface area contributed by atoms with E-state index in [0.29, 0.717) is 10.8 Å². The van der Waals surface area contributed by atoms with Crippen LogP contribution in [0.4, 0.5) is 0 Å².